The molecule has 0 bridgehead atoms. The highest BCUT2D eigenvalue weighted by atomic mass is 16.5. The molecule has 0 saturated carbocycles. The van der Waals surface area contributed by atoms with Crippen LogP contribution in [-0.2, 0) is 4.79 Å². The van der Waals surface area contributed by atoms with E-state index in [-0.39, 0.29) is 0 Å². The summed E-state index contributed by atoms with van der Waals surface area (Å²) in [6.07, 6.45) is 0. The molecule has 0 fully saturated rings. The van der Waals surface area contributed by atoms with Crippen molar-refractivity contribution in [3.05, 3.63) is 29.8 Å². The average molecular weight is 209 g/mol. The lowest BCUT2D eigenvalue weighted by Gasteiger charge is -2.22. The van der Waals surface area contributed by atoms with E-state index >= 15 is 0 Å². The Balaban J connectivity index is 3.16. The minimum atomic E-state index is -0.885. The first kappa shape index (κ1) is 11.5. The summed E-state index contributed by atoms with van der Waals surface area (Å²) in [6.45, 7) is 0. The van der Waals surface area contributed by atoms with Crippen molar-refractivity contribution in [3.8, 4) is 5.75 Å². The van der Waals surface area contributed by atoms with Gasteiger partial charge in [-0.2, -0.15) is 0 Å². The summed E-state index contributed by atoms with van der Waals surface area (Å²) >= 11 is 0. The quantitative estimate of drug-likeness (QED) is 0.814. The number of carboxylic acids is 1. The third-order valence-corrected chi connectivity index (χ3v) is 2.18. The number of methoxy groups -OCH3 is 1. The van der Waals surface area contributed by atoms with Gasteiger partial charge in [-0.3, -0.25) is 9.69 Å². The number of nitrogens with zero attached hydrogens (tertiary/aromatic N) is 1. The summed E-state index contributed by atoms with van der Waals surface area (Å²) in [7, 11) is 4.99. The molecule has 0 aliphatic rings. The summed E-state index contributed by atoms with van der Waals surface area (Å²) in [5.41, 5.74) is 0.664. The molecular weight excluding hydrogens is 194 g/mol. The fourth-order valence-corrected chi connectivity index (χ4v) is 1.52. The highest BCUT2D eigenvalue weighted by molar-refractivity contribution is 5.76. The van der Waals surface area contributed by atoms with Crippen LogP contribution in [0.15, 0.2) is 24.3 Å². The van der Waals surface area contributed by atoms with Crippen molar-refractivity contribution in [2.24, 2.45) is 0 Å². The number of hydrogen-bond acceptors (Lipinski definition) is 3. The Labute approximate surface area is 89.1 Å². The zero-order valence-electron chi connectivity index (χ0n) is 9.10. The maximum Gasteiger partial charge on any atom is 0.325 e. The van der Waals surface area contributed by atoms with Crippen molar-refractivity contribution in [1.29, 1.82) is 0 Å². The van der Waals surface area contributed by atoms with Gasteiger partial charge in [0, 0.05) is 5.56 Å². The number of benzene rings is 1. The van der Waals surface area contributed by atoms with Crippen LogP contribution in [0.2, 0.25) is 0 Å². The van der Waals surface area contributed by atoms with Crippen molar-refractivity contribution < 1.29 is 14.6 Å². The largest absolute Gasteiger partial charge is 0.496 e. The van der Waals surface area contributed by atoms with Crippen molar-refractivity contribution in [2.75, 3.05) is 21.2 Å². The Morgan fingerprint density at radius 1 is 1.40 bits per heavy atom. The van der Waals surface area contributed by atoms with Gasteiger partial charge in [0.15, 0.2) is 0 Å². The Bertz CT molecular complexity index is 349. The first-order valence-corrected chi connectivity index (χ1v) is 4.60. The van der Waals surface area contributed by atoms with Gasteiger partial charge in [0.05, 0.1) is 7.11 Å². The Morgan fingerprint density at radius 3 is 2.47 bits per heavy atom. The Hall–Kier alpha value is -1.55. The molecular formula is C11H15NO3. The van der Waals surface area contributed by atoms with Crippen molar-refractivity contribution in [1.82, 2.24) is 4.90 Å². The maximum absolute atomic E-state index is 11.1. The van der Waals surface area contributed by atoms with Crippen molar-refractivity contribution >= 4 is 5.97 Å². The lowest BCUT2D eigenvalue weighted by Crippen LogP contribution is -2.27. The fraction of sp³-hybridized carbons (Fsp3) is 0.364. The smallest absolute Gasteiger partial charge is 0.325 e. The maximum atomic E-state index is 11.1. The highest BCUT2D eigenvalue weighted by Gasteiger charge is 2.24. The number of carbonyl (C=O) groups is 1. The van der Waals surface area contributed by atoms with E-state index in [1.807, 2.05) is 6.07 Å². The van der Waals surface area contributed by atoms with Crippen molar-refractivity contribution in [2.45, 2.75) is 6.04 Å². The lowest BCUT2D eigenvalue weighted by atomic mass is 10.1. The van der Waals surface area contributed by atoms with Gasteiger partial charge in [-0.05, 0) is 20.2 Å². The van der Waals surface area contributed by atoms with Gasteiger partial charge in [0.25, 0.3) is 0 Å². The molecule has 0 aromatic heterocycles. The lowest BCUT2D eigenvalue weighted by molar-refractivity contribution is -0.142. The normalized spacial score (nSPS) is 12.5. The zero-order valence-corrected chi connectivity index (χ0v) is 9.10. The summed E-state index contributed by atoms with van der Waals surface area (Å²) in [5.74, 6) is -0.289. The molecule has 0 heterocycles. The van der Waals surface area contributed by atoms with Crippen molar-refractivity contribution in [3.63, 3.8) is 0 Å². The second-order valence-electron chi connectivity index (χ2n) is 3.45. The minimum Gasteiger partial charge on any atom is -0.496 e. The van der Waals surface area contributed by atoms with E-state index in [1.54, 1.807) is 37.2 Å². The van der Waals surface area contributed by atoms with Gasteiger partial charge in [-0.15, -0.1) is 0 Å². The number of ether oxygens (including phenoxy) is 1. The molecule has 0 saturated heterocycles. The molecule has 82 valence electrons. The zero-order chi connectivity index (χ0) is 11.4. The monoisotopic (exact) mass is 209 g/mol. The van der Waals surface area contributed by atoms with Gasteiger partial charge >= 0.3 is 5.97 Å². The number of carboxylic acid groups (broad SMARTS) is 1. The van der Waals surface area contributed by atoms with Crippen LogP contribution in [0.3, 0.4) is 0 Å². The number of para-hydroxylation sites is 1. The molecule has 15 heavy (non-hydrogen) atoms. The van der Waals surface area contributed by atoms with Crippen LogP contribution in [0.25, 0.3) is 0 Å². The van der Waals surface area contributed by atoms with Gasteiger partial charge in [-0.1, -0.05) is 18.2 Å². The summed E-state index contributed by atoms with van der Waals surface area (Å²) in [4.78, 5) is 12.8. The van der Waals surface area contributed by atoms with Crippen LogP contribution in [0, 0.1) is 0 Å². The SMILES string of the molecule is COc1ccccc1[C@@H](C(=O)O)N(C)C. The van der Waals surface area contributed by atoms with Gasteiger partial charge < -0.3 is 9.84 Å². The molecule has 0 unspecified atom stereocenters. The third kappa shape index (κ3) is 2.47. The summed E-state index contributed by atoms with van der Waals surface area (Å²) in [6, 6.07) is 6.46. The molecule has 1 atom stereocenters. The third-order valence-electron chi connectivity index (χ3n) is 2.18. The molecule has 0 radical (unpaired) electrons. The number of rotatable bonds is 4. The predicted molar refractivity (Wildman–Crippen MR) is 57.1 cm³/mol. The minimum absolute atomic E-state index is 0.596. The molecule has 0 aliphatic heterocycles. The van der Waals surface area contributed by atoms with E-state index in [1.165, 1.54) is 7.11 Å². The van der Waals surface area contributed by atoms with E-state index in [2.05, 4.69) is 0 Å². The molecule has 1 rings (SSSR count). The van der Waals surface area contributed by atoms with Crippen LogP contribution in [0.5, 0.6) is 5.75 Å². The van der Waals surface area contributed by atoms with Crippen LogP contribution in [0.4, 0.5) is 0 Å². The first-order chi connectivity index (χ1) is 7.07. The van der Waals surface area contributed by atoms with Gasteiger partial charge in [-0.25, -0.2) is 0 Å². The molecule has 0 spiro atoms. The topological polar surface area (TPSA) is 49.8 Å². The number of hydrogen-bond donors (Lipinski definition) is 1. The summed E-state index contributed by atoms with van der Waals surface area (Å²) < 4.78 is 5.14. The second-order valence-corrected chi connectivity index (χ2v) is 3.45. The van der Waals surface area contributed by atoms with E-state index in [0.29, 0.717) is 11.3 Å². The second kappa shape index (κ2) is 4.79. The first-order valence-electron chi connectivity index (χ1n) is 4.60. The fourth-order valence-electron chi connectivity index (χ4n) is 1.52. The standard InChI is InChI=1S/C11H15NO3/c1-12(2)10(11(13)14)8-6-4-5-7-9(8)15-3/h4-7,10H,1-3H3,(H,13,14)/t10-/m0/s1. The van der Waals surface area contributed by atoms with E-state index in [9.17, 15) is 4.79 Å². The molecule has 4 nitrogen and oxygen atoms in total. The summed E-state index contributed by atoms with van der Waals surface area (Å²) in [5, 5.41) is 9.12. The highest BCUT2D eigenvalue weighted by Crippen LogP contribution is 2.27. The van der Waals surface area contributed by atoms with Crippen LogP contribution in [-0.4, -0.2) is 37.2 Å². The number of likely N-dealkylation sites (N-methyl/N-ethyl adjacent to an activating group) is 1. The van der Waals surface area contributed by atoms with Gasteiger partial charge in [0.2, 0.25) is 0 Å². The van der Waals surface area contributed by atoms with E-state index in [4.69, 9.17) is 9.84 Å². The van der Waals surface area contributed by atoms with E-state index < -0.39 is 12.0 Å². The molecule has 1 N–H and O–H groups in total. The molecule has 4 heteroatoms. The molecule has 0 amide bonds. The number of aliphatic carboxylic acids is 1. The van der Waals surface area contributed by atoms with Gasteiger partial charge in [0.1, 0.15) is 11.8 Å². The van der Waals surface area contributed by atoms with E-state index in [0.717, 1.165) is 0 Å². The Morgan fingerprint density at radius 2 is 2.00 bits per heavy atom. The molecule has 1 aromatic carbocycles. The molecule has 1 aromatic rings. The average Bonchev–Trinajstić information content (AvgIpc) is 2.17. The Kier molecular flexibility index (Phi) is 3.68. The molecule has 0 aliphatic carbocycles. The van der Waals surface area contributed by atoms with Crippen LogP contribution < -0.4 is 4.74 Å². The van der Waals surface area contributed by atoms with Crippen LogP contribution in [0.1, 0.15) is 11.6 Å². The predicted octanol–water partition coefficient (Wildman–Crippen LogP) is 1.38. The van der Waals surface area contributed by atoms with Crippen LogP contribution >= 0.6 is 0 Å².